The summed E-state index contributed by atoms with van der Waals surface area (Å²) in [5, 5.41) is 3.60. The Morgan fingerprint density at radius 2 is 1.43 bits per heavy atom. The summed E-state index contributed by atoms with van der Waals surface area (Å²) < 4.78 is 38.5. The number of sulfonamides is 1. The molecule has 0 spiro atoms. The van der Waals surface area contributed by atoms with Gasteiger partial charge in [0.1, 0.15) is 11.8 Å². The third-order valence-electron chi connectivity index (χ3n) is 7.64. The number of ether oxygens (including phenoxy) is 2. The molecule has 1 fully saturated rings. The predicted octanol–water partition coefficient (Wildman–Crippen LogP) is 4.70. The molecule has 0 aromatic heterocycles. The van der Waals surface area contributed by atoms with Gasteiger partial charge in [-0.05, 0) is 53.1 Å². The Balaban J connectivity index is 1.34. The van der Waals surface area contributed by atoms with Gasteiger partial charge in [-0.25, -0.2) is 8.42 Å². The van der Waals surface area contributed by atoms with Crippen LogP contribution < -0.4 is 10.1 Å². The highest BCUT2D eigenvalue weighted by Crippen LogP contribution is 2.21. The van der Waals surface area contributed by atoms with Crippen LogP contribution in [0.5, 0.6) is 5.75 Å². The summed E-state index contributed by atoms with van der Waals surface area (Å²) >= 11 is 6.03. The summed E-state index contributed by atoms with van der Waals surface area (Å²) in [6.45, 7) is 1.40. The van der Waals surface area contributed by atoms with Gasteiger partial charge in [-0.3, -0.25) is 9.59 Å². The topological polar surface area (TPSA) is 105 Å². The lowest BCUT2D eigenvalue weighted by Crippen LogP contribution is -2.51. The van der Waals surface area contributed by atoms with E-state index in [4.69, 9.17) is 21.1 Å². The van der Waals surface area contributed by atoms with E-state index < -0.39 is 22.0 Å². The van der Waals surface area contributed by atoms with Crippen LogP contribution in [0.15, 0.2) is 114 Å². The van der Waals surface area contributed by atoms with Gasteiger partial charge in [-0.15, -0.1) is 0 Å². The van der Waals surface area contributed by atoms with Crippen molar-refractivity contribution in [1.82, 2.24) is 14.5 Å². The van der Waals surface area contributed by atoms with Crippen molar-refractivity contribution in [3.05, 3.63) is 131 Å². The molecule has 5 rings (SSSR count). The number of benzene rings is 4. The molecule has 1 N–H and O–H groups in total. The molecule has 0 unspecified atom stereocenters. The second-order valence-corrected chi connectivity index (χ2v) is 13.2. The number of morpholine rings is 1. The van der Waals surface area contributed by atoms with Crippen LogP contribution in [0.2, 0.25) is 5.02 Å². The van der Waals surface area contributed by atoms with Crippen LogP contribution in [0.25, 0.3) is 0 Å². The zero-order chi connectivity index (χ0) is 32.4. The Bertz CT molecular complexity index is 1680. The number of nitrogens with zero attached hydrogens (tertiary/aromatic N) is 2. The summed E-state index contributed by atoms with van der Waals surface area (Å²) in [7, 11) is -3.66. The van der Waals surface area contributed by atoms with E-state index in [1.165, 1.54) is 33.5 Å². The number of hydrogen-bond donors (Lipinski definition) is 1. The van der Waals surface area contributed by atoms with Crippen molar-refractivity contribution in [3.8, 4) is 5.75 Å². The summed E-state index contributed by atoms with van der Waals surface area (Å²) in [4.78, 5) is 29.4. The SMILES string of the molecule is O=C(NCc1ccc(Cl)cc1)[C@@H](Cc1ccccc1)N(Cc1ccccc1)C(=O)COc1ccc(S(=O)(=O)N2CCOCC2)cc1. The maximum Gasteiger partial charge on any atom is 0.261 e. The molecule has 4 aromatic rings. The fourth-order valence-electron chi connectivity index (χ4n) is 5.12. The van der Waals surface area contributed by atoms with Gasteiger partial charge >= 0.3 is 0 Å². The normalized spacial score (nSPS) is 14.3. The minimum absolute atomic E-state index is 0.138. The van der Waals surface area contributed by atoms with Crippen LogP contribution in [0.4, 0.5) is 0 Å². The predicted molar refractivity (Wildman–Crippen MR) is 176 cm³/mol. The number of rotatable bonds is 13. The van der Waals surface area contributed by atoms with E-state index in [1.54, 1.807) is 12.1 Å². The first-order chi connectivity index (χ1) is 22.3. The van der Waals surface area contributed by atoms with Crippen LogP contribution in [-0.4, -0.2) is 68.4 Å². The fraction of sp³-hybridized carbons (Fsp3) is 0.257. The number of carbonyl (C=O) groups excluding carboxylic acids is 2. The molecule has 1 saturated heterocycles. The van der Waals surface area contributed by atoms with Crippen molar-refractivity contribution in [2.24, 2.45) is 0 Å². The van der Waals surface area contributed by atoms with Gasteiger partial charge in [0.25, 0.3) is 5.91 Å². The first-order valence-electron chi connectivity index (χ1n) is 15.0. The fourth-order valence-corrected chi connectivity index (χ4v) is 6.65. The molecule has 240 valence electrons. The molecule has 0 radical (unpaired) electrons. The van der Waals surface area contributed by atoms with Crippen LogP contribution in [-0.2, 0) is 43.9 Å². The van der Waals surface area contributed by atoms with Gasteiger partial charge in [0, 0.05) is 37.6 Å². The zero-order valence-electron chi connectivity index (χ0n) is 25.3. The highest BCUT2D eigenvalue weighted by Gasteiger charge is 2.31. The van der Waals surface area contributed by atoms with Crippen molar-refractivity contribution in [3.63, 3.8) is 0 Å². The van der Waals surface area contributed by atoms with Crippen molar-refractivity contribution in [2.75, 3.05) is 32.9 Å². The summed E-state index contributed by atoms with van der Waals surface area (Å²) in [6, 6.07) is 31.4. The van der Waals surface area contributed by atoms with Gasteiger partial charge in [-0.2, -0.15) is 4.31 Å². The zero-order valence-corrected chi connectivity index (χ0v) is 26.8. The van der Waals surface area contributed by atoms with Crippen molar-refractivity contribution >= 4 is 33.4 Å². The maximum atomic E-state index is 13.9. The monoisotopic (exact) mass is 661 g/mol. The molecule has 9 nitrogen and oxygen atoms in total. The van der Waals surface area contributed by atoms with Crippen molar-refractivity contribution < 1.29 is 27.5 Å². The lowest BCUT2D eigenvalue weighted by molar-refractivity contribution is -0.142. The molecule has 1 aliphatic heterocycles. The molecule has 46 heavy (non-hydrogen) atoms. The summed E-state index contributed by atoms with van der Waals surface area (Å²) in [5.74, 6) is -0.363. The molecule has 11 heteroatoms. The average Bonchev–Trinajstić information content (AvgIpc) is 3.10. The third-order valence-corrected chi connectivity index (χ3v) is 9.81. The van der Waals surface area contributed by atoms with E-state index in [2.05, 4.69) is 5.32 Å². The van der Waals surface area contributed by atoms with E-state index in [0.717, 1.165) is 16.7 Å². The van der Waals surface area contributed by atoms with Crippen LogP contribution in [0.1, 0.15) is 16.7 Å². The van der Waals surface area contributed by atoms with E-state index in [0.29, 0.717) is 43.5 Å². The Morgan fingerprint density at radius 1 is 0.826 bits per heavy atom. The lowest BCUT2D eigenvalue weighted by Gasteiger charge is -2.31. The van der Waals surface area contributed by atoms with Gasteiger partial charge < -0.3 is 19.7 Å². The van der Waals surface area contributed by atoms with E-state index in [-0.39, 0.29) is 30.5 Å². The Hall–Kier alpha value is -4.22. The first-order valence-corrected chi connectivity index (χ1v) is 16.8. The van der Waals surface area contributed by atoms with Gasteiger partial charge in [-0.1, -0.05) is 84.4 Å². The minimum atomic E-state index is -3.66. The molecule has 1 aliphatic rings. The second kappa shape index (κ2) is 15.9. The number of nitrogens with one attached hydrogen (secondary N) is 1. The second-order valence-electron chi connectivity index (χ2n) is 10.8. The lowest BCUT2D eigenvalue weighted by atomic mass is 10.0. The molecular weight excluding hydrogens is 626 g/mol. The molecular formula is C35H36ClN3O6S. The molecule has 2 amide bonds. The van der Waals surface area contributed by atoms with Gasteiger partial charge in [0.15, 0.2) is 6.61 Å². The Labute approximate surface area is 274 Å². The van der Waals surface area contributed by atoms with Crippen LogP contribution in [0.3, 0.4) is 0 Å². The third kappa shape index (κ3) is 8.95. The van der Waals surface area contributed by atoms with Gasteiger partial charge in [0.2, 0.25) is 15.9 Å². The van der Waals surface area contributed by atoms with Gasteiger partial charge in [0.05, 0.1) is 18.1 Å². The molecule has 0 bridgehead atoms. The van der Waals surface area contributed by atoms with Crippen LogP contribution in [0, 0.1) is 0 Å². The minimum Gasteiger partial charge on any atom is -0.484 e. The molecule has 1 heterocycles. The Kier molecular flexibility index (Phi) is 11.4. The number of carbonyl (C=O) groups is 2. The smallest absolute Gasteiger partial charge is 0.261 e. The van der Waals surface area contributed by atoms with E-state index in [9.17, 15) is 18.0 Å². The van der Waals surface area contributed by atoms with Crippen molar-refractivity contribution in [2.45, 2.75) is 30.4 Å². The van der Waals surface area contributed by atoms with Crippen LogP contribution >= 0.6 is 11.6 Å². The average molecular weight is 662 g/mol. The standard InChI is InChI=1S/C35H36ClN3O6S/c36-30-13-11-28(12-14-30)24-37-35(41)33(23-27-7-3-1-4-8-27)39(25-29-9-5-2-6-10-29)34(40)26-45-31-15-17-32(18-16-31)46(42,43)38-19-21-44-22-20-38/h1-18,33H,19-26H2,(H,37,41)/t33-/m1/s1. The first kappa shape index (κ1) is 33.2. The number of hydrogen-bond acceptors (Lipinski definition) is 6. The van der Waals surface area contributed by atoms with E-state index in [1.807, 2.05) is 72.8 Å². The quantitative estimate of drug-likeness (QED) is 0.223. The molecule has 0 saturated carbocycles. The highest BCUT2D eigenvalue weighted by molar-refractivity contribution is 7.89. The number of halogens is 1. The highest BCUT2D eigenvalue weighted by atomic mass is 35.5. The van der Waals surface area contributed by atoms with Crippen molar-refractivity contribution in [1.29, 1.82) is 0 Å². The summed E-state index contributed by atoms with van der Waals surface area (Å²) in [5.41, 5.74) is 2.63. The van der Waals surface area contributed by atoms with E-state index >= 15 is 0 Å². The Morgan fingerprint density at radius 3 is 2.07 bits per heavy atom. The number of amides is 2. The largest absolute Gasteiger partial charge is 0.484 e. The molecule has 0 aliphatic carbocycles. The molecule has 1 atom stereocenters. The summed E-state index contributed by atoms with van der Waals surface area (Å²) in [6.07, 6.45) is 0.292. The molecule has 4 aromatic carbocycles. The maximum absolute atomic E-state index is 13.9.